The van der Waals surface area contributed by atoms with E-state index < -0.39 is 23.0 Å². The number of carbonyl (C=O) groups is 2. The SMILES string of the molecule is CN1CC[C@]23CC(=O)NC(=O)NCC[C@@]2(O)[C@H]1Cc1ccc(O)cc13. The summed E-state index contributed by atoms with van der Waals surface area (Å²) in [5.74, 6) is -0.278. The molecular formula is C18H23N3O4. The van der Waals surface area contributed by atoms with Crippen LogP contribution in [0.1, 0.15) is 30.4 Å². The van der Waals surface area contributed by atoms with Crippen molar-refractivity contribution in [1.29, 1.82) is 0 Å². The van der Waals surface area contributed by atoms with Crippen LogP contribution in [-0.2, 0) is 16.6 Å². The minimum absolute atomic E-state index is 0.0255. The van der Waals surface area contributed by atoms with Gasteiger partial charge in [0.2, 0.25) is 5.91 Å². The van der Waals surface area contributed by atoms with Crippen molar-refractivity contribution in [2.24, 2.45) is 0 Å². The van der Waals surface area contributed by atoms with Crippen molar-refractivity contribution in [2.75, 3.05) is 20.1 Å². The number of hydrogen-bond donors (Lipinski definition) is 4. The summed E-state index contributed by atoms with van der Waals surface area (Å²) >= 11 is 0. The predicted octanol–water partition coefficient (Wildman–Crippen LogP) is 0.241. The highest BCUT2D eigenvalue weighted by atomic mass is 16.3. The van der Waals surface area contributed by atoms with Gasteiger partial charge in [-0.1, -0.05) is 6.07 Å². The predicted molar refractivity (Wildman–Crippen MR) is 90.2 cm³/mol. The molecule has 2 heterocycles. The number of fused-ring (bicyclic) bond motifs is 1. The summed E-state index contributed by atoms with van der Waals surface area (Å²) in [4.78, 5) is 26.4. The third-order valence-corrected chi connectivity index (χ3v) is 6.33. The van der Waals surface area contributed by atoms with Crippen LogP contribution < -0.4 is 10.6 Å². The zero-order valence-corrected chi connectivity index (χ0v) is 14.2. The number of likely N-dealkylation sites (N-methyl/N-ethyl adjacent to an activating group) is 1. The van der Waals surface area contributed by atoms with E-state index in [1.807, 2.05) is 13.1 Å². The Labute approximate surface area is 146 Å². The second kappa shape index (κ2) is 5.44. The molecule has 0 aromatic heterocycles. The summed E-state index contributed by atoms with van der Waals surface area (Å²) in [6.07, 6.45) is 1.63. The Bertz CT molecular complexity index is 752. The first-order chi connectivity index (χ1) is 11.9. The number of aromatic hydroxyl groups is 1. The lowest BCUT2D eigenvalue weighted by atomic mass is 9.52. The Morgan fingerprint density at radius 3 is 2.88 bits per heavy atom. The molecule has 2 bridgehead atoms. The van der Waals surface area contributed by atoms with Gasteiger partial charge in [-0.05, 0) is 56.1 Å². The van der Waals surface area contributed by atoms with E-state index in [9.17, 15) is 19.8 Å². The molecule has 7 heteroatoms. The van der Waals surface area contributed by atoms with Gasteiger partial charge in [-0.25, -0.2) is 4.79 Å². The Balaban J connectivity index is 1.94. The van der Waals surface area contributed by atoms with E-state index in [4.69, 9.17) is 0 Å². The lowest BCUT2D eigenvalue weighted by Crippen LogP contribution is -2.71. The number of likely N-dealkylation sites (tertiary alicyclic amines) is 1. The lowest BCUT2D eigenvalue weighted by molar-refractivity contribution is -0.153. The Morgan fingerprint density at radius 1 is 1.28 bits per heavy atom. The van der Waals surface area contributed by atoms with Gasteiger partial charge < -0.3 is 20.4 Å². The second-order valence-electron chi connectivity index (χ2n) is 7.53. The van der Waals surface area contributed by atoms with Crippen LogP contribution in [-0.4, -0.2) is 58.8 Å². The molecule has 134 valence electrons. The van der Waals surface area contributed by atoms with Gasteiger partial charge in [0.25, 0.3) is 0 Å². The number of piperidine rings is 1. The molecule has 2 aliphatic heterocycles. The molecule has 0 saturated carbocycles. The zero-order valence-electron chi connectivity index (χ0n) is 14.2. The fourth-order valence-electron chi connectivity index (χ4n) is 5.11. The molecule has 2 fully saturated rings. The van der Waals surface area contributed by atoms with Gasteiger partial charge in [-0.15, -0.1) is 0 Å². The van der Waals surface area contributed by atoms with Gasteiger partial charge in [-0.2, -0.15) is 0 Å². The summed E-state index contributed by atoms with van der Waals surface area (Å²) in [5, 5.41) is 26.9. The highest BCUT2D eigenvalue weighted by Gasteiger charge is 2.62. The van der Waals surface area contributed by atoms with Crippen LogP contribution in [0.25, 0.3) is 0 Å². The third-order valence-electron chi connectivity index (χ3n) is 6.33. The fourth-order valence-corrected chi connectivity index (χ4v) is 5.11. The summed E-state index contributed by atoms with van der Waals surface area (Å²) in [7, 11) is 1.99. The van der Waals surface area contributed by atoms with E-state index in [2.05, 4.69) is 15.5 Å². The van der Waals surface area contributed by atoms with E-state index >= 15 is 0 Å². The number of benzene rings is 1. The van der Waals surface area contributed by atoms with Gasteiger partial charge in [0, 0.05) is 24.4 Å². The van der Waals surface area contributed by atoms with Gasteiger partial charge in [0.1, 0.15) is 5.75 Å². The van der Waals surface area contributed by atoms with Crippen molar-refractivity contribution < 1.29 is 19.8 Å². The Hall–Kier alpha value is -2.12. The molecule has 3 amide bonds. The number of carbonyl (C=O) groups excluding carboxylic acids is 2. The van der Waals surface area contributed by atoms with Crippen LogP contribution in [0, 0.1) is 0 Å². The van der Waals surface area contributed by atoms with E-state index in [1.165, 1.54) is 0 Å². The number of amides is 3. The maximum Gasteiger partial charge on any atom is 0.321 e. The van der Waals surface area contributed by atoms with E-state index in [1.54, 1.807) is 12.1 Å². The monoisotopic (exact) mass is 345 g/mol. The molecule has 7 nitrogen and oxygen atoms in total. The summed E-state index contributed by atoms with van der Waals surface area (Å²) in [6.45, 7) is 1.03. The largest absolute Gasteiger partial charge is 0.508 e. The van der Waals surface area contributed by atoms with Crippen molar-refractivity contribution in [3.8, 4) is 5.75 Å². The van der Waals surface area contributed by atoms with Gasteiger partial charge in [-0.3, -0.25) is 10.1 Å². The number of nitrogens with zero attached hydrogens (tertiary/aromatic N) is 1. The number of phenols is 1. The number of aliphatic hydroxyl groups is 1. The second-order valence-corrected chi connectivity index (χ2v) is 7.53. The van der Waals surface area contributed by atoms with Gasteiger partial charge in [0.05, 0.1) is 5.60 Å². The number of rotatable bonds is 0. The van der Waals surface area contributed by atoms with Crippen LogP contribution in [0.2, 0.25) is 0 Å². The van der Waals surface area contributed by atoms with Crippen molar-refractivity contribution >= 4 is 11.9 Å². The number of hydrogen-bond acceptors (Lipinski definition) is 5. The van der Waals surface area contributed by atoms with E-state index in [-0.39, 0.29) is 24.8 Å². The van der Waals surface area contributed by atoms with E-state index in [0.717, 1.165) is 17.7 Å². The van der Waals surface area contributed by atoms with Gasteiger partial charge in [0.15, 0.2) is 0 Å². The standard InChI is InChI=1S/C18H23N3O4/c1-21-7-5-17-10-15(23)20-16(24)19-6-4-18(17,25)14(21)8-11-2-3-12(22)9-13(11)17/h2-3,9,14,22,25H,4-8,10H2,1H3,(H2,19,20,23,24)/t14-,17-,18-/m1/s1. The Kier molecular flexibility index (Phi) is 3.56. The minimum Gasteiger partial charge on any atom is -0.508 e. The van der Waals surface area contributed by atoms with Gasteiger partial charge >= 0.3 is 6.03 Å². The smallest absolute Gasteiger partial charge is 0.321 e. The molecular weight excluding hydrogens is 322 g/mol. The lowest BCUT2D eigenvalue weighted by Gasteiger charge is -2.61. The van der Waals surface area contributed by atoms with Crippen molar-refractivity contribution in [3.63, 3.8) is 0 Å². The molecule has 1 aromatic carbocycles. The molecule has 1 aromatic rings. The average Bonchev–Trinajstić information content (AvgIpc) is 2.58. The van der Waals surface area contributed by atoms with Crippen LogP contribution in [0.5, 0.6) is 5.75 Å². The summed E-state index contributed by atoms with van der Waals surface area (Å²) in [5.41, 5.74) is -0.0861. The minimum atomic E-state index is -1.16. The van der Waals surface area contributed by atoms with Crippen molar-refractivity contribution in [2.45, 2.75) is 42.7 Å². The van der Waals surface area contributed by atoms with E-state index in [0.29, 0.717) is 19.3 Å². The van der Waals surface area contributed by atoms with Crippen molar-refractivity contribution in [3.05, 3.63) is 29.3 Å². The highest BCUT2D eigenvalue weighted by Crippen LogP contribution is 2.55. The first kappa shape index (κ1) is 16.4. The van der Waals surface area contributed by atoms with Crippen LogP contribution >= 0.6 is 0 Å². The maximum absolute atomic E-state index is 12.5. The van der Waals surface area contributed by atoms with Crippen LogP contribution in [0.3, 0.4) is 0 Å². The van der Waals surface area contributed by atoms with Crippen LogP contribution in [0.15, 0.2) is 18.2 Å². The number of phenolic OH excluding ortho intramolecular Hbond substituents is 1. The third kappa shape index (κ3) is 2.26. The molecule has 1 aliphatic carbocycles. The topological polar surface area (TPSA) is 102 Å². The molecule has 0 spiro atoms. The Morgan fingerprint density at radius 2 is 2.08 bits per heavy atom. The van der Waals surface area contributed by atoms with Crippen molar-refractivity contribution in [1.82, 2.24) is 15.5 Å². The summed E-state index contributed by atoms with van der Waals surface area (Å²) in [6, 6.07) is 4.55. The first-order valence-corrected chi connectivity index (χ1v) is 8.68. The quantitative estimate of drug-likeness (QED) is 0.540. The zero-order chi connectivity index (χ0) is 17.8. The normalized spacial score (nSPS) is 35.4. The molecule has 25 heavy (non-hydrogen) atoms. The molecule has 4 rings (SSSR count). The highest BCUT2D eigenvalue weighted by molar-refractivity contribution is 5.95. The molecule has 3 aliphatic rings. The molecule has 4 N–H and O–H groups in total. The number of urea groups is 1. The fraction of sp³-hybridized carbons (Fsp3) is 0.556. The number of imide groups is 1. The molecule has 3 atom stereocenters. The molecule has 0 unspecified atom stereocenters. The summed E-state index contributed by atoms with van der Waals surface area (Å²) < 4.78 is 0. The molecule has 0 radical (unpaired) electrons. The molecule has 2 saturated heterocycles. The number of nitrogens with one attached hydrogen (secondary N) is 2. The van der Waals surface area contributed by atoms with Crippen LogP contribution in [0.4, 0.5) is 4.79 Å². The first-order valence-electron chi connectivity index (χ1n) is 8.68. The average molecular weight is 345 g/mol. The maximum atomic E-state index is 12.5.